The Morgan fingerprint density at radius 3 is 0.571 bits per heavy atom. The molecule has 0 aliphatic heterocycles. The van der Waals surface area contributed by atoms with Crippen LogP contribution >= 0.6 is 0 Å². The quantitative estimate of drug-likeness (QED) is 0.0420. The summed E-state index contributed by atoms with van der Waals surface area (Å²) in [7, 11) is -7.09. The van der Waals surface area contributed by atoms with Crippen molar-refractivity contribution in [3.63, 3.8) is 0 Å². The molecule has 0 atom stereocenters. The first-order valence-electron chi connectivity index (χ1n) is 16.9. The van der Waals surface area contributed by atoms with Crippen molar-refractivity contribution in [3.8, 4) is 0 Å². The Morgan fingerprint density at radius 2 is 0.429 bits per heavy atom. The zero-order valence-electron chi connectivity index (χ0n) is 33.6. The van der Waals surface area contributed by atoms with E-state index in [4.69, 9.17) is 4.55 Å². The zero-order valence-corrected chi connectivity index (χ0v) is 34.4. The highest BCUT2D eigenvalue weighted by molar-refractivity contribution is 7.88. The molecule has 0 aromatic heterocycles. The third-order valence-electron chi connectivity index (χ3n) is 9.20. The van der Waals surface area contributed by atoms with Crippen LogP contribution in [-0.4, -0.2) is 162 Å². The number of ether oxygens (including phenoxy) is 2. The Labute approximate surface area is 389 Å². The average Bonchev–Trinajstić information content (AvgIpc) is 3.17. The lowest BCUT2D eigenvalue weighted by Crippen LogP contribution is -2.76. The van der Waals surface area contributed by atoms with Gasteiger partial charge in [0.25, 0.3) is 15.4 Å². The van der Waals surface area contributed by atoms with Crippen molar-refractivity contribution in [1.82, 2.24) is 0 Å². The molecule has 0 radical (unpaired) electrons. The summed E-state index contributed by atoms with van der Waals surface area (Å²) >= 11 is 0. The van der Waals surface area contributed by atoms with Gasteiger partial charge < -0.3 is 9.47 Å². The van der Waals surface area contributed by atoms with E-state index in [2.05, 4.69) is 9.47 Å². The number of rotatable bonds is 25. The van der Waals surface area contributed by atoms with E-state index in [1.807, 2.05) is 0 Å². The number of hydrogen-bond acceptors (Lipinski definition) is 6. The number of carbonyl (C=O) groups excluding carboxylic acids is 2. The van der Waals surface area contributed by atoms with E-state index in [0.717, 1.165) is 0 Å². The van der Waals surface area contributed by atoms with E-state index in [1.54, 1.807) is 0 Å². The van der Waals surface area contributed by atoms with E-state index in [0.29, 0.717) is 0 Å². The fourth-order valence-corrected chi connectivity index (χ4v) is 5.17. The van der Waals surface area contributed by atoms with Crippen LogP contribution in [0.3, 0.4) is 0 Å². The molecule has 0 amide bonds. The SMILES string of the molecule is O=C(OCCC(F)(F)C(F)(F)C(F)(F)C(F)(F)C(F)(F)C(F)(F)C(F)(F)C(F)(F)C(F)(F)C(F)(F)F)C(C(=O)OCCC(F)(F)C(F)(F)C(F)(F)C(F)(F)C(F)(F)C(F)(F)C(F)(F)C(F)(F)C(F)(F)C(F)(F)F)S(=O)(=O)O. The van der Waals surface area contributed by atoms with Gasteiger partial charge in [-0.3, -0.25) is 4.55 Å². The molecule has 0 saturated heterocycles. The number of halogens is 42. The van der Waals surface area contributed by atoms with Crippen LogP contribution < -0.4 is 0 Å². The van der Waals surface area contributed by atoms with Crippen LogP contribution in [0.15, 0.2) is 0 Å². The minimum absolute atomic E-state index is 3.05. The fraction of sp³-hybridized carbons (Fsp3) is 0.926. The van der Waals surface area contributed by atoms with Gasteiger partial charge in [0.1, 0.15) is 0 Å². The van der Waals surface area contributed by atoms with Crippen molar-refractivity contribution >= 4 is 22.1 Å². The minimum atomic E-state index is -9.69. The molecule has 0 saturated carbocycles. The third kappa shape index (κ3) is 10.2. The second kappa shape index (κ2) is 19.3. The van der Waals surface area contributed by atoms with E-state index >= 15 is 0 Å². The summed E-state index contributed by atoms with van der Waals surface area (Å²) in [6, 6.07) is 0. The molecule has 0 fully saturated rings. The summed E-state index contributed by atoms with van der Waals surface area (Å²) in [6.07, 6.45) is -24.7. The number of carbonyl (C=O) groups is 2. The summed E-state index contributed by atoms with van der Waals surface area (Å²) in [6.45, 7) is -6.73. The molecule has 77 heavy (non-hydrogen) atoms. The molecule has 0 rings (SSSR count). The molecule has 460 valence electrons. The molecule has 0 aliphatic carbocycles. The van der Waals surface area contributed by atoms with Gasteiger partial charge in [-0.2, -0.15) is 193 Å². The number of alkyl halides is 42. The average molecular weight is 1280 g/mol. The van der Waals surface area contributed by atoms with Crippen molar-refractivity contribution in [2.24, 2.45) is 0 Å². The maximum absolute atomic E-state index is 14.1. The maximum Gasteiger partial charge on any atom is 0.460 e. The lowest BCUT2D eigenvalue weighted by atomic mass is 9.86. The van der Waals surface area contributed by atoms with Crippen LogP contribution in [0, 0.1) is 0 Å². The highest BCUT2D eigenvalue weighted by atomic mass is 32.2. The van der Waals surface area contributed by atoms with Crippen LogP contribution in [0.25, 0.3) is 0 Å². The van der Waals surface area contributed by atoms with Gasteiger partial charge in [0.15, 0.2) is 0 Å². The van der Waals surface area contributed by atoms with Gasteiger partial charge in [0, 0.05) is 0 Å². The summed E-state index contributed by atoms with van der Waals surface area (Å²) in [5, 5.41) is -4.79. The highest BCUT2D eigenvalue weighted by Gasteiger charge is 3.00. The van der Waals surface area contributed by atoms with Gasteiger partial charge in [0.05, 0.1) is 26.1 Å². The Hall–Kier alpha value is -4.09. The Bertz CT molecular complexity index is 2120. The molecular formula is C27H10F42O7S. The summed E-state index contributed by atoms with van der Waals surface area (Å²) in [5.74, 6) is -172. The number of hydrogen-bond donors (Lipinski definition) is 1. The fourth-order valence-electron chi connectivity index (χ4n) is 4.55. The van der Waals surface area contributed by atoms with E-state index in [1.165, 1.54) is 0 Å². The van der Waals surface area contributed by atoms with Gasteiger partial charge in [-0.1, -0.05) is 0 Å². The molecular weight excluding hydrogens is 1270 g/mol. The number of esters is 2. The largest absolute Gasteiger partial charge is 0.464 e. The molecule has 0 aromatic rings. The van der Waals surface area contributed by atoms with Gasteiger partial charge in [-0.15, -0.1) is 0 Å². The Balaban J connectivity index is 6.78. The molecule has 7 nitrogen and oxygen atoms in total. The monoisotopic (exact) mass is 1280 g/mol. The van der Waals surface area contributed by atoms with Crippen LogP contribution in [0.4, 0.5) is 184 Å². The molecule has 0 unspecified atom stereocenters. The van der Waals surface area contributed by atoms with Gasteiger partial charge in [-0.05, 0) is 0 Å². The van der Waals surface area contributed by atoms with E-state index in [-0.39, 0.29) is 0 Å². The Kier molecular flexibility index (Phi) is 18.3. The lowest BCUT2D eigenvalue weighted by Gasteiger charge is -2.44. The maximum atomic E-state index is 14.1. The van der Waals surface area contributed by atoms with E-state index < -0.39 is 172 Å². The lowest BCUT2D eigenvalue weighted by molar-refractivity contribution is -0.474. The van der Waals surface area contributed by atoms with Gasteiger partial charge in [0.2, 0.25) is 0 Å². The predicted molar refractivity (Wildman–Crippen MR) is 148 cm³/mol. The first kappa shape index (κ1) is 72.9. The van der Waals surface area contributed by atoms with Crippen LogP contribution in [0.5, 0.6) is 0 Å². The topological polar surface area (TPSA) is 107 Å². The second-order valence-corrected chi connectivity index (χ2v) is 15.8. The van der Waals surface area contributed by atoms with Crippen LogP contribution in [0.2, 0.25) is 0 Å². The molecule has 0 bridgehead atoms. The van der Waals surface area contributed by atoms with Crippen molar-refractivity contribution in [2.45, 2.75) is 137 Å². The molecule has 1 N–H and O–H groups in total. The first-order valence-corrected chi connectivity index (χ1v) is 18.4. The molecule has 0 spiro atoms. The summed E-state index contributed by atoms with van der Waals surface area (Å²) in [5.41, 5.74) is 0. The van der Waals surface area contributed by atoms with Gasteiger partial charge >= 0.3 is 131 Å². The summed E-state index contributed by atoms with van der Waals surface area (Å²) in [4.78, 5) is 23.7. The van der Waals surface area contributed by atoms with Crippen molar-refractivity contribution < 1.29 is 216 Å². The van der Waals surface area contributed by atoms with Crippen LogP contribution in [-0.2, 0) is 29.2 Å². The van der Waals surface area contributed by atoms with Crippen molar-refractivity contribution in [2.75, 3.05) is 13.2 Å². The minimum Gasteiger partial charge on any atom is -0.464 e. The highest BCUT2D eigenvalue weighted by Crippen LogP contribution is 2.69. The predicted octanol–water partition coefficient (Wildman–Crippen LogP) is 12.7. The Morgan fingerprint density at radius 1 is 0.286 bits per heavy atom. The smallest absolute Gasteiger partial charge is 0.460 e. The normalized spacial score (nSPS) is 16.5. The standard InChI is InChI=1S/C27H10F42O7S/c28-8(29,10(32,33)12(36,37)14(40,41)16(44,45)18(48,49)20(52,53)22(56,57)24(60,61)26(64,65)66)1-3-75-6(70)5(77(72,73)74)7(71)76-4-2-9(30,31)11(34,35)13(38,39)15(42,43)17(46,47)19(50,51)21(54,55)23(58,59)25(62,63)27(67,68)69/h5H,1-4H2,(H,72,73,74). The van der Waals surface area contributed by atoms with E-state index in [9.17, 15) is 202 Å². The molecule has 0 heterocycles. The van der Waals surface area contributed by atoms with Crippen LogP contribution in [0.1, 0.15) is 12.8 Å². The molecule has 50 heteroatoms. The first-order chi connectivity index (χ1) is 32.6. The third-order valence-corrected chi connectivity index (χ3v) is 10.2. The molecule has 0 aliphatic rings. The second-order valence-electron chi connectivity index (χ2n) is 14.3. The van der Waals surface area contributed by atoms with Gasteiger partial charge in [-0.25, -0.2) is 9.59 Å². The van der Waals surface area contributed by atoms with Crippen molar-refractivity contribution in [3.05, 3.63) is 0 Å². The van der Waals surface area contributed by atoms with Crippen molar-refractivity contribution in [1.29, 1.82) is 0 Å². The molecule has 0 aromatic carbocycles. The zero-order chi connectivity index (χ0) is 63.5. The summed E-state index contributed by atoms with van der Waals surface area (Å²) < 4.78 is 605.